The van der Waals surface area contributed by atoms with E-state index in [1.165, 1.54) is 4.31 Å². The van der Waals surface area contributed by atoms with Crippen LogP contribution in [0.5, 0.6) is 5.75 Å². The average Bonchev–Trinajstić information content (AvgIpc) is 2.70. The first-order valence-corrected chi connectivity index (χ1v) is 12.6. The van der Waals surface area contributed by atoms with Gasteiger partial charge in [-0.2, -0.15) is 0 Å². The fraction of sp³-hybridized carbons (Fsp3) is 0.458. The van der Waals surface area contributed by atoms with Gasteiger partial charge >= 0.3 is 0 Å². The highest BCUT2D eigenvalue weighted by Gasteiger charge is 2.32. The Kier molecular flexibility index (Phi) is 8.51. The van der Waals surface area contributed by atoms with E-state index in [0.29, 0.717) is 30.9 Å². The van der Waals surface area contributed by atoms with Gasteiger partial charge in [-0.1, -0.05) is 37.6 Å². The molecule has 0 aliphatic rings. The molecule has 0 aromatic heterocycles. The molecule has 0 aliphatic carbocycles. The molecule has 0 aliphatic heterocycles. The van der Waals surface area contributed by atoms with Gasteiger partial charge < -0.3 is 10.1 Å². The third-order valence-electron chi connectivity index (χ3n) is 5.26. The largest absolute Gasteiger partial charge is 0.494 e. The van der Waals surface area contributed by atoms with Crippen LogP contribution in [0.2, 0.25) is 0 Å². The minimum atomic E-state index is -3.69. The Morgan fingerprint density at radius 3 is 2.16 bits per heavy atom. The third kappa shape index (κ3) is 6.23. The summed E-state index contributed by atoms with van der Waals surface area (Å²) in [5.41, 5.74) is 3.75. The maximum absolute atomic E-state index is 13.3. The predicted molar refractivity (Wildman–Crippen MR) is 126 cm³/mol. The summed E-state index contributed by atoms with van der Waals surface area (Å²) >= 11 is 0. The molecule has 0 fully saturated rings. The van der Waals surface area contributed by atoms with Crippen LogP contribution < -0.4 is 14.4 Å². The fourth-order valence-electron chi connectivity index (χ4n) is 3.80. The van der Waals surface area contributed by atoms with E-state index >= 15 is 0 Å². The number of amides is 1. The smallest absolute Gasteiger partial charge is 0.244 e. The van der Waals surface area contributed by atoms with Crippen molar-refractivity contribution in [1.82, 2.24) is 5.32 Å². The number of sulfonamides is 1. The number of hydrogen-bond acceptors (Lipinski definition) is 4. The number of aryl methyl sites for hydroxylation is 2. The monoisotopic (exact) mass is 446 g/mol. The van der Waals surface area contributed by atoms with Crippen LogP contribution >= 0.6 is 0 Å². The summed E-state index contributed by atoms with van der Waals surface area (Å²) in [7, 11) is -3.69. The number of rotatable bonds is 10. The fourth-order valence-corrected chi connectivity index (χ4v) is 5.01. The van der Waals surface area contributed by atoms with Gasteiger partial charge in [-0.15, -0.1) is 0 Å². The van der Waals surface area contributed by atoms with Crippen molar-refractivity contribution in [3.63, 3.8) is 0 Å². The zero-order chi connectivity index (χ0) is 23.2. The zero-order valence-electron chi connectivity index (χ0n) is 19.3. The Labute approximate surface area is 186 Å². The molecule has 0 saturated carbocycles. The SMILES string of the molecule is CCOc1ccc(N([C@@H](CC)C(=O)N[C@@H](CC)c2ccc(C)cc2C)S(C)(=O)=O)cc1. The lowest BCUT2D eigenvalue weighted by atomic mass is 9.97. The van der Waals surface area contributed by atoms with Crippen LogP contribution in [0.4, 0.5) is 5.69 Å². The second-order valence-corrected chi connectivity index (χ2v) is 9.60. The Morgan fingerprint density at radius 2 is 1.68 bits per heavy atom. The Bertz CT molecular complexity index is 987. The molecule has 0 heterocycles. The van der Waals surface area contributed by atoms with Gasteiger partial charge in [0.2, 0.25) is 15.9 Å². The van der Waals surface area contributed by atoms with Crippen LogP contribution in [-0.2, 0) is 14.8 Å². The quantitative estimate of drug-likeness (QED) is 0.582. The van der Waals surface area contributed by atoms with Gasteiger partial charge in [-0.05, 0) is 69.0 Å². The van der Waals surface area contributed by atoms with Crippen LogP contribution in [0.1, 0.15) is 56.3 Å². The van der Waals surface area contributed by atoms with Gasteiger partial charge in [0.25, 0.3) is 0 Å². The zero-order valence-corrected chi connectivity index (χ0v) is 20.1. The summed E-state index contributed by atoms with van der Waals surface area (Å²) in [4.78, 5) is 13.3. The molecule has 2 aromatic carbocycles. The molecule has 6 nitrogen and oxygen atoms in total. The van der Waals surface area contributed by atoms with Gasteiger partial charge in [-0.25, -0.2) is 8.42 Å². The molecule has 0 saturated heterocycles. The summed E-state index contributed by atoms with van der Waals surface area (Å²) in [5, 5.41) is 3.08. The maximum atomic E-state index is 13.3. The second kappa shape index (κ2) is 10.7. The number of carbonyl (C=O) groups excluding carboxylic acids is 1. The molecule has 0 bridgehead atoms. The Hall–Kier alpha value is -2.54. The minimum absolute atomic E-state index is 0.191. The number of hydrogen-bond donors (Lipinski definition) is 1. The average molecular weight is 447 g/mol. The first-order valence-electron chi connectivity index (χ1n) is 10.7. The first-order chi connectivity index (χ1) is 14.6. The molecule has 0 radical (unpaired) electrons. The maximum Gasteiger partial charge on any atom is 0.244 e. The summed E-state index contributed by atoms with van der Waals surface area (Å²) in [6.07, 6.45) is 2.17. The molecule has 7 heteroatoms. The van der Waals surface area contributed by atoms with Crippen LogP contribution in [0.15, 0.2) is 42.5 Å². The second-order valence-electron chi connectivity index (χ2n) is 7.74. The van der Waals surface area contributed by atoms with Gasteiger partial charge in [0.1, 0.15) is 11.8 Å². The van der Waals surface area contributed by atoms with Crippen molar-refractivity contribution in [3.05, 3.63) is 59.2 Å². The van der Waals surface area contributed by atoms with E-state index in [4.69, 9.17) is 4.74 Å². The third-order valence-corrected chi connectivity index (χ3v) is 6.44. The van der Waals surface area contributed by atoms with Gasteiger partial charge in [0.15, 0.2) is 0 Å². The molecular weight excluding hydrogens is 412 g/mol. The van der Waals surface area contributed by atoms with Crippen LogP contribution in [-0.4, -0.2) is 33.2 Å². The van der Waals surface area contributed by atoms with E-state index in [0.717, 1.165) is 22.9 Å². The summed E-state index contributed by atoms with van der Waals surface area (Å²) < 4.78 is 32.0. The van der Waals surface area contributed by atoms with Crippen molar-refractivity contribution in [2.45, 2.75) is 59.5 Å². The van der Waals surface area contributed by atoms with Crippen molar-refractivity contribution < 1.29 is 17.9 Å². The first kappa shape index (κ1) is 24.7. The molecule has 1 amide bonds. The summed E-state index contributed by atoms with van der Waals surface area (Å²) in [6, 6.07) is 11.9. The lowest BCUT2D eigenvalue weighted by molar-refractivity contribution is -0.123. The molecule has 2 atom stereocenters. The van der Waals surface area contributed by atoms with E-state index in [1.807, 2.05) is 46.8 Å². The van der Waals surface area contributed by atoms with Crippen LogP contribution in [0, 0.1) is 13.8 Å². The summed E-state index contributed by atoms with van der Waals surface area (Å²) in [5.74, 6) is 0.340. The van der Waals surface area contributed by atoms with Crippen molar-refractivity contribution >= 4 is 21.6 Å². The van der Waals surface area contributed by atoms with Crippen molar-refractivity contribution in [3.8, 4) is 5.75 Å². The van der Waals surface area contributed by atoms with Crippen LogP contribution in [0.3, 0.4) is 0 Å². The predicted octanol–water partition coefficient (Wildman–Crippen LogP) is 4.51. The lowest BCUT2D eigenvalue weighted by Crippen LogP contribution is -2.50. The highest BCUT2D eigenvalue weighted by atomic mass is 32.2. The van der Waals surface area contributed by atoms with E-state index < -0.39 is 16.1 Å². The molecule has 31 heavy (non-hydrogen) atoms. The molecular formula is C24H34N2O4S. The number of benzene rings is 2. The van der Waals surface area contributed by atoms with E-state index in [-0.39, 0.29) is 11.9 Å². The van der Waals surface area contributed by atoms with Gasteiger partial charge in [0.05, 0.1) is 24.6 Å². The molecule has 170 valence electrons. The lowest BCUT2D eigenvalue weighted by Gasteiger charge is -2.31. The van der Waals surface area contributed by atoms with Crippen LogP contribution in [0.25, 0.3) is 0 Å². The van der Waals surface area contributed by atoms with Crippen molar-refractivity contribution in [1.29, 1.82) is 0 Å². The number of nitrogens with zero attached hydrogens (tertiary/aromatic N) is 1. The number of nitrogens with one attached hydrogen (secondary N) is 1. The molecule has 0 unspecified atom stereocenters. The van der Waals surface area contributed by atoms with Gasteiger partial charge in [-0.3, -0.25) is 9.10 Å². The minimum Gasteiger partial charge on any atom is -0.494 e. The van der Waals surface area contributed by atoms with Crippen molar-refractivity contribution in [2.75, 3.05) is 17.2 Å². The molecule has 1 N–H and O–H groups in total. The van der Waals surface area contributed by atoms with E-state index in [9.17, 15) is 13.2 Å². The topological polar surface area (TPSA) is 75.7 Å². The number of anilines is 1. The normalized spacial score (nSPS) is 13.4. The van der Waals surface area contributed by atoms with E-state index in [2.05, 4.69) is 11.4 Å². The van der Waals surface area contributed by atoms with E-state index in [1.54, 1.807) is 24.3 Å². The Morgan fingerprint density at radius 1 is 1.03 bits per heavy atom. The number of carbonyl (C=O) groups is 1. The number of ether oxygens (including phenoxy) is 1. The highest BCUT2D eigenvalue weighted by Crippen LogP contribution is 2.27. The molecule has 0 spiro atoms. The molecule has 2 aromatic rings. The Balaban J connectivity index is 2.35. The standard InChI is InChI=1S/C24H34N2O4S/c1-7-22(21-15-10-17(4)16-18(21)5)25-24(27)23(8-2)26(31(6,28)29)19-11-13-20(14-12-19)30-9-3/h10-16,22-23H,7-9H2,1-6H3,(H,25,27)/t22-,23-/m0/s1. The summed E-state index contributed by atoms with van der Waals surface area (Å²) in [6.45, 7) is 10.3. The highest BCUT2D eigenvalue weighted by molar-refractivity contribution is 7.92. The molecule has 2 rings (SSSR count). The van der Waals surface area contributed by atoms with Gasteiger partial charge in [0, 0.05) is 0 Å². The van der Waals surface area contributed by atoms with Crippen molar-refractivity contribution in [2.24, 2.45) is 0 Å².